The number of carbonyl (C=O) groups excluding carboxylic acids is 1. The van der Waals surface area contributed by atoms with Crippen molar-refractivity contribution in [1.82, 2.24) is 19.9 Å². The predicted octanol–water partition coefficient (Wildman–Crippen LogP) is -0.512. The Hall–Kier alpha value is -1.52. The number of thioether (sulfide) groups is 2. The maximum atomic E-state index is 11.8. The van der Waals surface area contributed by atoms with Crippen molar-refractivity contribution < 1.29 is 14.7 Å². The van der Waals surface area contributed by atoms with E-state index in [9.17, 15) is 14.7 Å². The molecule has 2 aliphatic rings. The summed E-state index contributed by atoms with van der Waals surface area (Å²) in [5.41, 5.74) is 6.50. The highest BCUT2D eigenvalue weighted by molar-refractivity contribution is 8.01. The largest absolute Gasteiger partial charge is 0.477 e. The van der Waals surface area contributed by atoms with Crippen molar-refractivity contribution in [3.63, 3.8) is 0 Å². The summed E-state index contributed by atoms with van der Waals surface area (Å²) >= 11 is 2.95. The number of carbonyl (C=O) groups is 2. The zero-order valence-electron chi connectivity index (χ0n) is 11.1. The summed E-state index contributed by atoms with van der Waals surface area (Å²) in [6.07, 6.45) is 1.62. The summed E-state index contributed by atoms with van der Waals surface area (Å²) in [5, 5.41) is 17.6. The van der Waals surface area contributed by atoms with Gasteiger partial charge in [0.2, 0.25) is 5.91 Å². The van der Waals surface area contributed by atoms with Crippen molar-refractivity contribution in [2.75, 3.05) is 11.5 Å². The minimum absolute atomic E-state index is 0.0769. The molecule has 2 aliphatic heterocycles. The summed E-state index contributed by atoms with van der Waals surface area (Å²) in [5.74, 6) is -0.377. The molecule has 0 aliphatic carbocycles. The fourth-order valence-electron chi connectivity index (χ4n) is 2.26. The second-order valence-corrected chi connectivity index (χ2v) is 6.78. The molecule has 0 saturated carbocycles. The van der Waals surface area contributed by atoms with Crippen molar-refractivity contribution >= 4 is 35.4 Å². The summed E-state index contributed by atoms with van der Waals surface area (Å²) in [7, 11) is 1.77. The number of aliphatic carboxylic acids is 1. The summed E-state index contributed by atoms with van der Waals surface area (Å²) in [6, 6.07) is -0.597. The van der Waals surface area contributed by atoms with Crippen LogP contribution in [-0.4, -0.2) is 59.8 Å². The Morgan fingerprint density at radius 1 is 1.67 bits per heavy atom. The van der Waals surface area contributed by atoms with E-state index in [1.165, 1.54) is 28.4 Å². The van der Waals surface area contributed by atoms with E-state index in [-0.39, 0.29) is 17.0 Å². The highest BCUT2D eigenvalue weighted by Crippen LogP contribution is 2.40. The molecule has 1 unspecified atom stereocenters. The molecule has 1 fully saturated rings. The van der Waals surface area contributed by atoms with Crippen LogP contribution in [-0.2, 0) is 16.6 Å². The second kappa shape index (κ2) is 5.35. The van der Waals surface area contributed by atoms with Gasteiger partial charge in [0.15, 0.2) is 0 Å². The number of aryl methyl sites for hydroxylation is 1. The number of rotatable bonds is 4. The molecular weight excluding hydrogens is 314 g/mol. The average molecular weight is 327 g/mol. The van der Waals surface area contributed by atoms with Crippen LogP contribution in [0.4, 0.5) is 0 Å². The molecule has 3 rings (SSSR count). The van der Waals surface area contributed by atoms with Crippen LogP contribution in [0.3, 0.4) is 0 Å². The van der Waals surface area contributed by atoms with Gasteiger partial charge in [-0.1, -0.05) is 5.21 Å². The fraction of sp³-hybridized carbons (Fsp3) is 0.455. The quantitative estimate of drug-likeness (QED) is 0.561. The van der Waals surface area contributed by atoms with Crippen LogP contribution in [0.15, 0.2) is 22.5 Å². The molecule has 10 heteroatoms. The molecule has 0 radical (unpaired) electrons. The van der Waals surface area contributed by atoms with Crippen molar-refractivity contribution in [3.05, 3.63) is 17.5 Å². The summed E-state index contributed by atoms with van der Waals surface area (Å²) < 4.78 is 1.62. The maximum Gasteiger partial charge on any atom is 0.352 e. The average Bonchev–Trinajstić information content (AvgIpc) is 2.88. The number of aromatic nitrogens is 3. The first-order valence-corrected chi connectivity index (χ1v) is 8.17. The standard InChI is InChI=1S/C11H13N5O3S2/c1-15-6(2-13-14-15)20-3-5-4-21-10-7(12)9(17)16(10)8(5)11(18)19/h2,7,10H,3-4,12H2,1H3,(H,18,19)/t7?,10-/m0/s1. The normalized spacial score (nSPS) is 24.9. The van der Waals surface area contributed by atoms with Gasteiger partial charge in [-0.3, -0.25) is 9.69 Å². The molecule has 3 heterocycles. The van der Waals surface area contributed by atoms with Gasteiger partial charge < -0.3 is 10.8 Å². The lowest BCUT2D eigenvalue weighted by Gasteiger charge is -2.48. The molecule has 21 heavy (non-hydrogen) atoms. The van der Waals surface area contributed by atoms with E-state index in [0.717, 1.165) is 10.6 Å². The lowest BCUT2D eigenvalue weighted by Crippen LogP contribution is -2.68. The SMILES string of the molecule is Cn1nncc1SCC1=C(C(=O)O)N2C(=O)C(N)[C@@H]2SC1. The summed E-state index contributed by atoms with van der Waals surface area (Å²) in [6.45, 7) is 0. The zero-order chi connectivity index (χ0) is 15.1. The van der Waals surface area contributed by atoms with Crippen molar-refractivity contribution in [2.24, 2.45) is 12.8 Å². The Balaban J connectivity index is 1.83. The Bertz CT molecular complexity index is 644. The third-order valence-corrected chi connectivity index (χ3v) is 5.88. The third-order valence-electron chi connectivity index (χ3n) is 3.36. The molecule has 1 aromatic heterocycles. The van der Waals surface area contributed by atoms with E-state index in [1.54, 1.807) is 17.9 Å². The third kappa shape index (κ3) is 2.32. The highest BCUT2D eigenvalue weighted by atomic mass is 32.2. The molecule has 0 spiro atoms. The molecule has 1 saturated heterocycles. The number of carboxylic acids is 1. The molecule has 3 N–H and O–H groups in total. The van der Waals surface area contributed by atoms with Gasteiger partial charge in [-0.25, -0.2) is 9.48 Å². The molecule has 8 nitrogen and oxygen atoms in total. The topological polar surface area (TPSA) is 114 Å². The van der Waals surface area contributed by atoms with Gasteiger partial charge in [0.1, 0.15) is 22.1 Å². The van der Waals surface area contributed by atoms with Gasteiger partial charge in [0.05, 0.1) is 6.20 Å². The van der Waals surface area contributed by atoms with E-state index < -0.39 is 12.0 Å². The predicted molar refractivity (Wildman–Crippen MR) is 77.5 cm³/mol. The van der Waals surface area contributed by atoms with E-state index in [2.05, 4.69) is 10.3 Å². The number of carboxylic acid groups (broad SMARTS) is 1. The fourth-order valence-corrected chi connectivity index (χ4v) is 4.59. The summed E-state index contributed by atoms with van der Waals surface area (Å²) in [4.78, 5) is 24.6. The monoisotopic (exact) mass is 327 g/mol. The minimum Gasteiger partial charge on any atom is -0.477 e. The zero-order valence-corrected chi connectivity index (χ0v) is 12.7. The number of nitrogens with two attached hydrogens (primary N) is 1. The van der Waals surface area contributed by atoms with E-state index in [0.29, 0.717) is 11.5 Å². The smallest absolute Gasteiger partial charge is 0.352 e. The molecule has 0 bridgehead atoms. The molecule has 1 aromatic rings. The van der Waals surface area contributed by atoms with Crippen molar-refractivity contribution in [1.29, 1.82) is 0 Å². The van der Waals surface area contributed by atoms with Gasteiger partial charge in [0.25, 0.3) is 0 Å². The lowest BCUT2D eigenvalue weighted by molar-refractivity contribution is -0.147. The molecule has 112 valence electrons. The van der Waals surface area contributed by atoms with Gasteiger partial charge in [-0.05, 0) is 5.57 Å². The van der Waals surface area contributed by atoms with Gasteiger partial charge in [-0.15, -0.1) is 28.6 Å². The first-order valence-electron chi connectivity index (χ1n) is 6.13. The molecular formula is C11H13N5O3S2. The van der Waals surface area contributed by atoms with Crippen LogP contribution in [0, 0.1) is 0 Å². The molecule has 2 atom stereocenters. The Kier molecular flexibility index (Phi) is 3.68. The van der Waals surface area contributed by atoms with Crippen LogP contribution in [0.1, 0.15) is 0 Å². The molecule has 0 aromatic carbocycles. The van der Waals surface area contributed by atoms with Crippen molar-refractivity contribution in [3.8, 4) is 0 Å². The highest BCUT2D eigenvalue weighted by Gasteiger charge is 2.51. The van der Waals surface area contributed by atoms with Crippen LogP contribution < -0.4 is 5.73 Å². The van der Waals surface area contributed by atoms with Crippen LogP contribution in [0.25, 0.3) is 0 Å². The van der Waals surface area contributed by atoms with E-state index in [4.69, 9.17) is 5.73 Å². The first kappa shape index (κ1) is 14.4. The number of hydrogen-bond acceptors (Lipinski definition) is 7. The first-order chi connectivity index (χ1) is 10.0. The Labute approximate surface area is 128 Å². The Morgan fingerprint density at radius 3 is 3.05 bits per heavy atom. The number of hydrogen-bond donors (Lipinski definition) is 2. The van der Waals surface area contributed by atoms with Gasteiger partial charge in [-0.2, -0.15) is 0 Å². The van der Waals surface area contributed by atoms with Crippen LogP contribution in [0.2, 0.25) is 0 Å². The van der Waals surface area contributed by atoms with E-state index >= 15 is 0 Å². The number of fused-ring (bicyclic) bond motifs is 1. The number of amides is 1. The minimum atomic E-state index is -1.08. The second-order valence-electron chi connectivity index (χ2n) is 4.68. The van der Waals surface area contributed by atoms with Crippen LogP contribution >= 0.6 is 23.5 Å². The number of β-lactam (4-membered cyclic amide) rings is 1. The number of nitrogens with zero attached hydrogens (tertiary/aromatic N) is 4. The van der Waals surface area contributed by atoms with Crippen molar-refractivity contribution in [2.45, 2.75) is 16.4 Å². The van der Waals surface area contributed by atoms with E-state index in [1.807, 2.05) is 0 Å². The Morgan fingerprint density at radius 2 is 2.43 bits per heavy atom. The van der Waals surface area contributed by atoms with Gasteiger partial charge in [0, 0.05) is 18.6 Å². The lowest BCUT2D eigenvalue weighted by atomic mass is 10.0. The molecule has 1 amide bonds. The van der Waals surface area contributed by atoms with Crippen LogP contribution in [0.5, 0.6) is 0 Å². The van der Waals surface area contributed by atoms with Gasteiger partial charge >= 0.3 is 5.97 Å². The maximum absolute atomic E-state index is 11.8.